The Morgan fingerprint density at radius 2 is 1.09 bits per heavy atom. The second-order valence-electron chi connectivity index (χ2n) is 10.7. The molecule has 0 aliphatic rings. The zero-order valence-electron chi connectivity index (χ0n) is 22.6. The summed E-state index contributed by atoms with van der Waals surface area (Å²) in [6.45, 7) is 14.7. The van der Waals surface area contributed by atoms with Crippen molar-refractivity contribution in [1.82, 2.24) is 0 Å². The van der Waals surface area contributed by atoms with Gasteiger partial charge in [0, 0.05) is 5.92 Å². The highest BCUT2D eigenvalue weighted by molar-refractivity contribution is 6.74. The SMILES string of the molecule is COc1ccc([C@H](O[Si](C)(C)C(C)(C)C)[C@H](c2ccc(OC)c(OC)c2)C(C)(C)O)cc1OC. The van der Waals surface area contributed by atoms with Crippen LogP contribution in [-0.2, 0) is 4.43 Å². The lowest BCUT2D eigenvalue weighted by Gasteiger charge is -2.44. The van der Waals surface area contributed by atoms with Gasteiger partial charge in [0.2, 0.25) is 0 Å². The summed E-state index contributed by atoms with van der Waals surface area (Å²) in [5.41, 5.74) is 0.688. The summed E-state index contributed by atoms with van der Waals surface area (Å²) >= 11 is 0. The van der Waals surface area contributed by atoms with Gasteiger partial charge in [-0.15, -0.1) is 0 Å². The first-order valence-corrected chi connectivity index (χ1v) is 14.4. The molecule has 2 atom stereocenters. The molecule has 2 rings (SSSR count). The van der Waals surface area contributed by atoms with E-state index in [0.717, 1.165) is 11.1 Å². The Labute approximate surface area is 206 Å². The number of methoxy groups -OCH3 is 4. The lowest BCUT2D eigenvalue weighted by molar-refractivity contribution is -0.00493. The molecule has 0 fully saturated rings. The predicted molar refractivity (Wildman–Crippen MR) is 139 cm³/mol. The Balaban J connectivity index is 2.78. The molecule has 0 heterocycles. The topological polar surface area (TPSA) is 66.4 Å². The van der Waals surface area contributed by atoms with E-state index in [9.17, 15) is 5.11 Å². The molecule has 0 aliphatic heterocycles. The average molecular weight is 491 g/mol. The fourth-order valence-corrected chi connectivity index (χ4v) is 5.11. The van der Waals surface area contributed by atoms with Crippen LogP contribution in [0.2, 0.25) is 18.1 Å². The van der Waals surface area contributed by atoms with Gasteiger partial charge in [-0.2, -0.15) is 0 Å². The molecular formula is C27H42O6Si. The molecule has 34 heavy (non-hydrogen) atoms. The van der Waals surface area contributed by atoms with Crippen molar-refractivity contribution in [2.24, 2.45) is 0 Å². The Kier molecular flexibility index (Phi) is 8.72. The molecule has 0 bridgehead atoms. The Bertz CT molecular complexity index is 959. The summed E-state index contributed by atoms with van der Waals surface area (Å²) in [7, 11) is 4.20. The van der Waals surface area contributed by atoms with Crippen LogP contribution in [0.25, 0.3) is 0 Å². The quantitative estimate of drug-likeness (QED) is 0.392. The number of benzene rings is 2. The molecule has 0 saturated carbocycles. The number of ether oxygens (including phenoxy) is 4. The average Bonchev–Trinajstić information content (AvgIpc) is 2.76. The van der Waals surface area contributed by atoms with Gasteiger partial charge in [0.15, 0.2) is 31.3 Å². The summed E-state index contributed by atoms with van der Waals surface area (Å²) in [6, 6.07) is 11.6. The van der Waals surface area contributed by atoms with Crippen molar-refractivity contribution in [3.8, 4) is 23.0 Å². The second kappa shape index (κ2) is 10.6. The summed E-state index contributed by atoms with van der Waals surface area (Å²) in [5, 5.41) is 11.5. The Morgan fingerprint density at radius 3 is 1.47 bits per heavy atom. The molecule has 0 radical (unpaired) electrons. The van der Waals surface area contributed by atoms with E-state index in [4.69, 9.17) is 23.4 Å². The lowest BCUT2D eigenvalue weighted by Crippen LogP contribution is -2.45. The van der Waals surface area contributed by atoms with E-state index in [0.29, 0.717) is 23.0 Å². The van der Waals surface area contributed by atoms with Crippen LogP contribution in [-0.4, -0.2) is 47.5 Å². The maximum atomic E-state index is 11.5. The van der Waals surface area contributed by atoms with Crippen molar-refractivity contribution in [3.63, 3.8) is 0 Å². The second-order valence-corrected chi connectivity index (χ2v) is 15.4. The van der Waals surface area contributed by atoms with Crippen LogP contribution in [0.3, 0.4) is 0 Å². The van der Waals surface area contributed by atoms with Crippen LogP contribution < -0.4 is 18.9 Å². The summed E-state index contributed by atoms with van der Waals surface area (Å²) in [6.07, 6.45) is -0.446. The van der Waals surface area contributed by atoms with Crippen molar-refractivity contribution in [2.75, 3.05) is 28.4 Å². The Morgan fingerprint density at radius 1 is 0.676 bits per heavy atom. The zero-order chi connectivity index (χ0) is 25.9. The molecule has 0 spiro atoms. The van der Waals surface area contributed by atoms with Crippen LogP contribution >= 0.6 is 0 Å². The van der Waals surface area contributed by atoms with Crippen molar-refractivity contribution in [2.45, 2.75) is 70.4 Å². The van der Waals surface area contributed by atoms with Gasteiger partial charge >= 0.3 is 0 Å². The molecule has 190 valence electrons. The first-order chi connectivity index (χ1) is 15.7. The fraction of sp³-hybridized carbons (Fsp3) is 0.556. The minimum atomic E-state index is -2.25. The Hall–Kier alpha value is -2.22. The summed E-state index contributed by atoms with van der Waals surface area (Å²) in [5.74, 6) is 2.09. The number of hydrogen-bond donors (Lipinski definition) is 1. The fourth-order valence-electron chi connectivity index (χ4n) is 3.85. The van der Waals surface area contributed by atoms with Gasteiger partial charge in [0.1, 0.15) is 0 Å². The van der Waals surface area contributed by atoms with Crippen LogP contribution in [0, 0.1) is 0 Å². The van der Waals surface area contributed by atoms with Crippen LogP contribution in [0.5, 0.6) is 23.0 Å². The molecule has 2 aromatic rings. The van der Waals surface area contributed by atoms with E-state index in [2.05, 4.69) is 33.9 Å². The largest absolute Gasteiger partial charge is 0.493 e. The van der Waals surface area contributed by atoms with Gasteiger partial charge in [0.05, 0.1) is 40.1 Å². The highest BCUT2D eigenvalue weighted by Gasteiger charge is 2.45. The van der Waals surface area contributed by atoms with E-state index < -0.39 is 25.9 Å². The minimum Gasteiger partial charge on any atom is -0.493 e. The third-order valence-electron chi connectivity index (χ3n) is 6.79. The van der Waals surface area contributed by atoms with E-state index >= 15 is 0 Å². The van der Waals surface area contributed by atoms with Crippen molar-refractivity contribution >= 4 is 8.32 Å². The van der Waals surface area contributed by atoms with Gasteiger partial charge in [-0.05, 0) is 67.4 Å². The maximum Gasteiger partial charge on any atom is 0.192 e. The standard InChI is InChI=1S/C27H42O6Si/c1-26(2,3)34(10,11)33-25(19-13-15-21(30-7)23(17-19)32-9)24(27(4,5)28)18-12-14-20(29-6)22(16-18)31-8/h12-17,24-25,28H,1-11H3/t24-,25-/m0/s1. The first kappa shape index (κ1) is 28.0. The first-order valence-electron chi connectivity index (χ1n) is 11.5. The zero-order valence-corrected chi connectivity index (χ0v) is 23.6. The molecular weight excluding hydrogens is 448 g/mol. The van der Waals surface area contributed by atoms with Crippen LogP contribution in [0.4, 0.5) is 0 Å². The maximum absolute atomic E-state index is 11.5. The van der Waals surface area contributed by atoms with Gasteiger partial charge in [-0.25, -0.2) is 0 Å². The molecule has 0 unspecified atom stereocenters. The lowest BCUT2D eigenvalue weighted by atomic mass is 9.78. The van der Waals surface area contributed by atoms with Crippen LogP contribution in [0.1, 0.15) is 57.8 Å². The normalized spacial score (nSPS) is 14.4. The number of aliphatic hydroxyl groups is 1. The third-order valence-corrected chi connectivity index (χ3v) is 11.3. The third kappa shape index (κ3) is 6.06. The molecule has 6 nitrogen and oxygen atoms in total. The number of rotatable bonds is 10. The highest BCUT2D eigenvalue weighted by Crippen LogP contribution is 2.49. The smallest absolute Gasteiger partial charge is 0.192 e. The van der Waals surface area contributed by atoms with E-state index in [-0.39, 0.29) is 5.04 Å². The van der Waals surface area contributed by atoms with E-state index in [1.807, 2.05) is 50.2 Å². The molecule has 0 amide bonds. The van der Waals surface area contributed by atoms with Gasteiger partial charge in [-0.3, -0.25) is 0 Å². The summed E-state index contributed by atoms with van der Waals surface area (Å²) in [4.78, 5) is 0. The van der Waals surface area contributed by atoms with Gasteiger partial charge in [-0.1, -0.05) is 32.9 Å². The molecule has 0 aliphatic carbocycles. The van der Waals surface area contributed by atoms with Crippen LogP contribution in [0.15, 0.2) is 36.4 Å². The molecule has 2 aromatic carbocycles. The molecule has 1 N–H and O–H groups in total. The minimum absolute atomic E-state index is 0.0243. The van der Waals surface area contributed by atoms with E-state index in [1.54, 1.807) is 28.4 Å². The molecule has 0 aromatic heterocycles. The predicted octanol–water partition coefficient (Wildman–Crippen LogP) is 6.34. The molecule has 7 heteroatoms. The van der Waals surface area contributed by atoms with Crippen molar-refractivity contribution < 1.29 is 28.5 Å². The monoisotopic (exact) mass is 490 g/mol. The summed E-state index contributed by atoms with van der Waals surface area (Å²) < 4.78 is 29.1. The highest BCUT2D eigenvalue weighted by atomic mass is 28.4. The van der Waals surface area contributed by atoms with Gasteiger partial charge in [0.25, 0.3) is 0 Å². The number of hydrogen-bond acceptors (Lipinski definition) is 6. The van der Waals surface area contributed by atoms with Crippen molar-refractivity contribution in [1.29, 1.82) is 0 Å². The molecule has 0 saturated heterocycles. The van der Waals surface area contributed by atoms with E-state index in [1.165, 1.54) is 0 Å². The van der Waals surface area contributed by atoms with Gasteiger partial charge < -0.3 is 28.5 Å². The van der Waals surface area contributed by atoms with Crippen molar-refractivity contribution in [3.05, 3.63) is 47.5 Å².